The van der Waals surface area contributed by atoms with Crippen LogP contribution >= 0.6 is 0 Å². The first-order valence-corrected chi connectivity index (χ1v) is 5.42. The summed E-state index contributed by atoms with van der Waals surface area (Å²) < 4.78 is 0. The molecule has 0 amide bonds. The third-order valence-electron chi connectivity index (χ3n) is 3.19. The molecule has 2 nitrogen and oxygen atoms in total. The summed E-state index contributed by atoms with van der Waals surface area (Å²) in [7, 11) is 4.12. The largest absolute Gasteiger partial charge is 0.303 e. The molecule has 1 aliphatic rings. The molecule has 1 fully saturated rings. The first-order chi connectivity index (χ1) is 6.29. The van der Waals surface area contributed by atoms with Crippen molar-refractivity contribution in [3.8, 4) is 0 Å². The van der Waals surface area contributed by atoms with Crippen molar-refractivity contribution in [2.45, 2.75) is 38.6 Å². The highest BCUT2D eigenvalue weighted by atomic mass is 15.1. The lowest BCUT2D eigenvalue weighted by Gasteiger charge is -2.35. The van der Waals surface area contributed by atoms with Crippen LogP contribution in [0.2, 0.25) is 0 Å². The van der Waals surface area contributed by atoms with E-state index in [1.807, 2.05) is 7.05 Å². The zero-order valence-corrected chi connectivity index (χ0v) is 9.16. The van der Waals surface area contributed by atoms with Crippen molar-refractivity contribution in [2.24, 2.45) is 10.9 Å². The fourth-order valence-corrected chi connectivity index (χ4v) is 2.29. The van der Waals surface area contributed by atoms with Gasteiger partial charge in [-0.15, -0.1) is 0 Å². The molecule has 0 aliphatic heterocycles. The van der Waals surface area contributed by atoms with E-state index in [4.69, 9.17) is 0 Å². The van der Waals surface area contributed by atoms with Crippen LogP contribution < -0.4 is 0 Å². The molecule has 0 aromatic rings. The molecule has 0 aromatic heterocycles. The predicted molar refractivity (Wildman–Crippen MR) is 58.5 cm³/mol. The summed E-state index contributed by atoms with van der Waals surface area (Å²) in [6, 6.07) is 0.738. The Kier molecular flexibility index (Phi) is 4.43. The van der Waals surface area contributed by atoms with Crippen molar-refractivity contribution in [1.82, 2.24) is 4.90 Å². The van der Waals surface area contributed by atoms with Gasteiger partial charge in [0.15, 0.2) is 0 Å². The third kappa shape index (κ3) is 2.80. The van der Waals surface area contributed by atoms with Gasteiger partial charge in [-0.05, 0) is 26.4 Å². The molecule has 1 aliphatic carbocycles. The van der Waals surface area contributed by atoms with Crippen LogP contribution in [0.25, 0.3) is 0 Å². The van der Waals surface area contributed by atoms with E-state index >= 15 is 0 Å². The van der Waals surface area contributed by atoms with Crippen molar-refractivity contribution < 1.29 is 0 Å². The summed E-state index contributed by atoms with van der Waals surface area (Å²) in [4.78, 5) is 6.64. The molecule has 0 spiro atoms. The molecule has 13 heavy (non-hydrogen) atoms. The van der Waals surface area contributed by atoms with Gasteiger partial charge in [0, 0.05) is 25.2 Å². The first kappa shape index (κ1) is 10.7. The van der Waals surface area contributed by atoms with Crippen molar-refractivity contribution in [3.63, 3.8) is 0 Å². The molecule has 0 bridgehead atoms. The van der Waals surface area contributed by atoms with Crippen molar-refractivity contribution in [1.29, 1.82) is 0 Å². The van der Waals surface area contributed by atoms with Gasteiger partial charge >= 0.3 is 0 Å². The van der Waals surface area contributed by atoms with E-state index in [1.54, 1.807) is 0 Å². The second kappa shape index (κ2) is 5.38. The summed E-state index contributed by atoms with van der Waals surface area (Å²) in [5.41, 5.74) is 0. The minimum Gasteiger partial charge on any atom is -0.303 e. The third-order valence-corrected chi connectivity index (χ3v) is 3.19. The maximum absolute atomic E-state index is 4.17. The quantitative estimate of drug-likeness (QED) is 0.611. The average molecular weight is 182 g/mol. The average Bonchev–Trinajstić information content (AvgIpc) is 2.18. The number of nitrogens with zero attached hydrogens (tertiary/aromatic N) is 2. The topological polar surface area (TPSA) is 15.6 Å². The molecule has 0 saturated heterocycles. The highest BCUT2D eigenvalue weighted by Crippen LogP contribution is 2.26. The second-order valence-electron chi connectivity index (χ2n) is 4.00. The smallest absolute Gasteiger partial charge is 0.0273 e. The number of aliphatic imine (C=N–C) groups is 1. The van der Waals surface area contributed by atoms with Crippen molar-refractivity contribution >= 4 is 6.21 Å². The minimum atomic E-state index is 0.698. The molecule has 1 rings (SSSR count). The normalized spacial score (nSPS) is 30.2. The van der Waals surface area contributed by atoms with E-state index in [9.17, 15) is 0 Å². The summed E-state index contributed by atoms with van der Waals surface area (Å²) in [6.07, 6.45) is 7.59. The zero-order chi connectivity index (χ0) is 9.68. The Morgan fingerprint density at radius 3 is 2.69 bits per heavy atom. The van der Waals surface area contributed by atoms with Gasteiger partial charge in [-0.1, -0.05) is 19.8 Å². The Bertz CT molecular complexity index is 165. The molecule has 0 radical (unpaired) electrons. The molecule has 2 atom stereocenters. The molecular weight excluding hydrogens is 160 g/mol. The zero-order valence-electron chi connectivity index (χ0n) is 9.16. The monoisotopic (exact) mass is 182 g/mol. The SMILES string of the molecule is CCN(C)[C@H]1CCCCC1/C=N/C. The van der Waals surface area contributed by atoms with Gasteiger partial charge in [0.25, 0.3) is 0 Å². The van der Waals surface area contributed by atoms with E-state index in [-0.39, 0.29) is 0 Å². The molecule has 1 saturated carbocycles. The lowest BCUT2D eigenvalue weighted by molar-refractivity contribution is 0.172. The lowest BCUT2D eigenvalue weighted by atomic mass is 9.84. The van der Waals surface area contributed by atoms with Gasteiger partial charge in [-0.25, -0.2) is 0 Å². The van der Waals surface area contributed by atoms with Gasteiger partial charge in [0.05, 0.1) is 0 Å². The van der Waals surface area contributed by atoms with Crippen LogP contribution in [0, 0.1) is 5.92 Å². The van der Waals surface area contributed by atoms with E-state index in [0.717, 1.165) is 12.6 Å². The van der Waals surface area contributed by atoms with Crippen LogP contribution in [-0.2, 0) is 0 Å². The molecule has 76 valence electrons. The van der Waals surface area contributed by atoms with Crippen molar-refractivity contribution in [3.05, 3.63) is 0 Å². The maximum atomic E-state index is 4.17. The van der Waals surface area contributed by atoms with Crippen LogP contribution in [0.15, 0.2) is 4.99 Å². The maximum Gasteiger partial charge on any atom is 0.0273 e. The Labute approximate surface area is 82.0 Å². The van der Waals surface area contributed by atoms with Crippen LogP contribution in [0.4, 0.5) is 0 Å². The van der Waals surface area contributed by atoms with Crippen LogP contribution in [0.5, 0.6) is 0 Å². The fourth-order valence-electron chi connectivity index (χ4n) is 2.29. The Balaban J connectivity index is 2.55. The van der Waals surface area contributed by atoms with Crippen LogP contribution in [0.3, 0.4) is 0 Å². The van der Waals surface area contributed by atoms with Gasteiger partial charge in [0.2, 0.25) is 0 Å². The molecule has 0 N–H and O–H groups in total. The van der Waals surface area contributed by atoms with Crippen molar-refractivity contribution in [2.75, 3.05) is 20.6 Å². The van der Waals surface area contributed by atoms with Gasteiger partial charge in [0.1, 0.15) is 0 Å². The standard InChI is InChI=1S/C11H22N2/c1-4-13(3)11-8-6-5-7-10(11)9-12-2/h9-11H,4-8H2,1-3H3/b12-9+/t10?,11-/m0/s1. The van der Waals surface area contributed by atoms with E-state index in [0.29, 0.717) is 5.92 Å². The van der Waals surface area contributed by atoms with E-state index < -0.39 is 0 Å². The highest BCUT2D eigenvalue weighted by Gasteiger charge is 2.25. The molecule has 1 unspecified atom stereocenters. The van der Waals surface area contributed by atoms with Crippen LogP contribution in [-0.4, -0.2) is 37.8 Å². The lowest BCUT2D eigenvalue weighted by Crippen LogP contribution is -2.40. The molecule has 0 heterocycles. The predicted octanol–water partition coefficient (Wildman–Crippen LogP) is 2.20. The fraction of sp³-hybridized carbons (Fsp3) is 0.909. The highest BCUT2D eigenvalue weighted by molar-refractivity contribution is 5.61. The Morgan fingerprint density at radius 1 is 1.38 bits per heavy atom. The Hall–Kier alpha value is -0.370. The summed E-state index contributed by atoms with van der Waals surface area (Å²) in [6.45, 7) is 3.38. The second-order valence-corrected chi connectivity index (χ2v) is 4.00. The molecular formula is C11H22N2. The summed E-state index contributed by atoms with van der Waals surface area (Å²) in [5.74, 6) is 0.698. The van der Waals surface area contributed by atoms with E-state index in [1.165, 1.54) is 25.7 Å². The minimum absolute atomic E-state index is 0.698. The number of rotatable bonds is 3. The number of hydrogen-bond donors (Lipinski definition) is 0. The summed E-state index contributed by atoms with van der Waals surface area (Å²) in [5, 5.41) is 0. The Morgan fingerprint density at radius 2 is 2.08 bits per heavy atom. The van der Waals surface area contributed by atoms with Gasteiger partial charge in [-0.3, -0.25) is 0 Å². The van der Waals surface area contributed by atoms with Gasteiger partial charge < -0.3 is 9.89 Å². The number of hydrogen-bond acceptors (Lipinski definition) is 2. The van der Waals surface area contributed by atoms with Gasteiger partial charge in [-0.2, -0.15) is 0 Å². The van der Waals surface area contributed by atoms with Crippen LogP contribution in [0.1, 0.15) is 32.6 Å². The summed E-state index contributed by atoms with van der Waals surface area (Å²) >= 11 is 0. The van der Waals surface area contributed by atoms with E-state index in [2.05, 4.69) is 30.1 Å². The molecule has 0 aromatic carbocycles. The first-order valence-electron chi connectivity index (χ1n) is 5.42. The molecule has 2 heteroatoms.